The molecule has 0 fully saturated rings. The van der Waals surface area contributed by atoms with Gasteiger partial charge in [-0.05, 0) is 11.6 Å². The number of aliphatic carboxylic acids is 1. The lowest BCUT2D eigenvalue weighted by Gasteiger charge is -2.12. The predicted molar refractivity (Wildman–Crippen MR) is 68.9 cm³/mol. The fourth-order valence-corrected chi connectivity index (χ4v) is 2.03. The molecule has 0 radical (unpaired) electrons. The van der Waals surface area contributed by atoms with E-state index in [2.05, 4.69) is 10.3 Å². The Balaban J connectivity index is 2.31. The van der Waals surface area contributed by atoms with Crippen LogP contribution in [0.25, 0.3) is 10.9 Å². The molecule has 0 saturated heterocycles. The molecule has 1 aromatic carbocycles. The molecule has 2 aromatic rings. The Kier molecular flexibility index (Phi) is 3.41. The second-order valence-corrected chi connectivity index (χ2v) is 4.31. The number of nitrogens with one attached hydrogen (secondary N) is 2. The second-order valence-electron chi connectivity index (χ2n) is 4.31. The first-order chi connectivity index (χ1) is 8.99. The first-order valence-corrected chi connectivity index (χ1v) is 5.77. The molecule has 6 nitrogen and oxygen atoms in total. The summed E-state index contributed by atoms with van der Waals surface area (Å²) in [5.74, 6) is -1.38. The first-order valence-electron chi connectivity index (χ1n) is 5.77. The molecule has 0 aliphatic heterocycles. The smallest absolute Gasteiger partial charge is 0.326 e. The third-order valence-electron chi connectivity index (χ3n) is 2.88. The van der Waals surface area contributed by atoms with E-state index in [-0.39, 0.29) is 12.2 Å². The van der Waals surface area contributed by atoms with Crippen molar-refractivity contribution in [2.24, 2.45) is 0 Å². The highest BCUT2D eigenvalue weighted by Gasteiger charge is 2.20. The summed E-state index contributed by atoms with van der Waals surface area (Å²) in [6, 6.07) is 4.03. The fraction of sp³-hybridized carbons (Fsp3) is 0.231. The number of amides is 1. The molecule has 1 heterocycles. The van der Waals surface area contributed by atoms with E-state index < -0.39 is 17.9 Å². The van der Waals surface area contributed by atoms with Crippen molar-refractivity contribution in [1.82, 2.24) is 10.3 Å². The van der Waals surface area contributed by atoms with Crippen LogP contribution in [-0.4, -0.2) is 33.1 Å². The number of aromatic nitrogens is 1. The maximum Gasteiger partial charge on any atom is 0.326 e. The molecule has 1 aromatic heterocycles. The number of hydrogen-bond acceptors (Lipinski definition) is 3. The van der Waals surface area contributed by atoms with Crippen molar-refractivity contribution in [3.63, 3.8) is 0 Å². The highest BCUT2D eigenvalue weighted by atomic mass is 16.4. The van der Waals surface area contributed by atoms with Gasteiger partial charge in [-0.2, -0.15) is 0 Å². The third kappa shape index (κ3) is 2.67. The molecule has 6 heteroatoms. The highest BCUT2D eigenvalue weighted by Crippen LogP contribution is 2.26. The molecule has 0 aliphatic rings. The Hall–Kier alpha value is -2.50. The first kappa shape index (κ1) is 12.9. The van der Waals surface area contributed by atoms with Crippen molar-refractivity contribution in [3.05, 3.63) is 30.0 Å². The molecule has 0 saturated carbocycles. The number of carboxylic acid groups (broad SMARTS) is 1. The van der Waals surface area contributed by atoms with Crippen LogP contribution in [0.2, 0.25) is 0 Å². The van der Waals surface area contributed by atoms with Gasteiger partial charge in [-0.3, -0.25) is 4.79 Å². The number of rotatable bonds is 4. The molecule has 1 atom stereocenters. The van der Waals surface area contributed by atoms with Gasteiger partial charge in [-0.25, -0.2) is 4.79 Å². The summed E-state index contributed by atoms with van der Waals surface area (Å²) in [7, 11) is 0. The molecule has 0 spiro atoms. The van der Waals surface area contributed by atoms with Crippen molar-refractivity contribution in [2.75, 3.05) is 0 Å². The fourth-order valence-electron chi connectivity index (χ4n) is 2.03. The minimum Gasteiger partial charge on any atom is -0.506 e. The molecule has 19 heavy (non-hydrogen) atoms. The lowest BCUT2D eigenvalue weighted by atomic mass is 10.0. The van der Waals surface area contributed by atoms with Crippen molar-refractivity contribution in [2.45, 2.75) is 19.4 Å². The number of aromatic hydroxyl groups is 1. The normalized spacial score (nSPS) is 12.3. The Bertz CT molecular complexity index is 633. The van der Waals surface area contributed by atoms with Crippen LogP contribution in [0.5, 0.6) is 5.75 Å². The molecule has 2 rings (SSSR count). The van der Waals surface area contributed by atoms with E-state index in [9.17, 15) is 14.7 Å². The molecule has 1 unspecified atom stereocenters. The zero-order valence-corrected chi connectivity index (χ0v) is 10.3. The van der Waals surface area contributed by atoms with Gasteiger partial charge in [0, 0.05) is 24.9 Å². The van der Waals surface area contributed by atoms with E-state index in [0.717, 1.165) is 10.9 Å². The van der Waals surface area contributed by atoms with Gasteiger partial charge in [0.05, 0.1) is 5.52 Å². The van der Waals surface area contributed by atoms with Crippen molar-refractivity contribution in [1.29, 1.82) is 0 Å². The third-order valence-corrected chi connectivity index (χ3v) is 2.88. The van der Waals surface area contributed by atoms with Gasteiger partial charge >= 0.3 is 5.97 Å². The summed E-state index contributed by atoms with van der Waals surface area (Å²) >= 11 is 0. The van der Waals surface area contributed by atoms with Crippen LogP contribution in [0.3, 0.4) is 0 Å². The van der Waals surface area contributed by atoms with E-state index in [0.29, 0.717) is 5.52 Å². The van der Waals surface area contributed by atoms with Gasteiger partial charge < -0.3 is 20.5 Å². The lowest BCUT2D eigenvalue weighted by Crippen LogP contribution is -2.41. The van der Waals surface area contributed by atoms with Gasteiger partial charge in [0.25, 0.3) is 0 Å². The number of carbonyl (C=O) groups is 2. The molecule has 0 bridgehead atoms. The van der Waals surface area contributed by atoms with E-state index >= 15 is 0 Å². The number of phenols is 1. The molecule has 4 N–H and O–H groups in total. The lowest BCUT2D eigenvalue weighted by molar-refractivity contribution is -0.141. The van der Waals surface area contributed by atoms with Gasteiger partial charge in [-0.1, -0.05) is 12.1 Å². The number of H-pyrrole nitrogens is 1. The maximum atomic E-state index is 11.1. The minimum absolute atomic E-state index is 0.107. The average molecular weight is 262 g/mol. The molecule has 0 aliphatic carbocycles. The quantitative estimate of drug-likeness (QED) is 0.660. The summed E-state index contributed by atoms with van der Waals surface area (Å²) in [4.78, 5) is 25.0. The number of fused-ring (bicyclic) bond motifs is 1. The minimum atomic E-state index is -1.09. The summed E-state index contributed by atoms with van der Waals surface area (Å²) in [6.45, 7) is 1.27. The van der Waals surface area contributed by atoms with Crippen LogP contribution in [-0.2, 0) is 16.0 Å². The standard InChI is InChI=1S/C13H14N2O4/c1-7(16)15-10(13(18)19)5-8-6-14-12-9(8)3-2-4-11(12)17/h2-4,6,10,14,17H,5H2,1H3,(H,15,16)(H,18,19). The van der Waals surface area contributed by atoms with Gasteiger partial charge in [0.2, 0.25) is 5.91 Å². The molecule has 100 valence electrons. The maximum absolute atomic E-state index is 11.1. The van der Waals surface area contributed by atoms with Crippen LogP contribution in [0.4, 0.5) is 0 Å². The van der Waals surface area contributed by atoms with E-state index in [1.165, 1.54) is 6.92 Å². The number of carboxylic acids is 1. The average Bonchev–Trinajstić information content (AvgIpc) is 2.72. The molecule has 1 amide bonds. The monoisotopic (exact) mass is 262 g/mol. The summed E-state index contributed by atoms with van der Waals surface area (Å²) in [5.41, 5.74) is 1.29. The Morgan fingerprint density at radius 3 is 2.79 bits per heavy atom. The van der Waals surface area contributed by atoms with Gasteiger partial charge in [0.1, 0.15) is 11.8 Å². The Morgan fingerprint density at radius 2 is 2.16 bits per heavy atom. The second kappa shape index (κ2) is 5.01. The molecular weight excluding hydrogens is 248 g/mol. The topological polar surface area (TPSA) is 102 Å². The Morgan fingerprint density at radius 1 is 1.42 bits per heavy atom. The van der Waals surface area contributed by atoms with E-state index in [1.54, 1.807) is 24.4 Å². The number of hydrogen-bond donors (Lipinski definition) is 4. The number of carbonyl (C=O) groups excluding carboxylic acids is 1. The number of aromatic amines is 1. The van der Waals surface area contributed by atoms with Crippen LogP contribution >= 0.6 is 0 Å². The van der Waals surface area contributed by atoms with Crippen LogP contribution < -0.4 is 5.32 Å². The van der Waals surface area contributed by atoms with Crippen molar-refractivity contribution in [3.8, 4) is 5.75 Å². The highest BCUT2D eigenvalue weighted by molar-refractivity contribution is 5.89. The van der Waals surface area contributed by atoms with Crippen molar-refractivity contribution < 1.29 is 19.8 Å². The summed E-state index contributed by atoms with van der Waals surface area (Å²) in [5, 5.41) is 21.9. The SMILES string of the molecule is CC(=O)NC(Cc1c[nH]c2c(O)cccc12)C(=O)O. The molecular formula is C13H14N2O4. The van der Waals surface area contributed by atoms with Gasteiger partial charge in [-0.15, -0.1) is 0 Å². The zero-order chi connectivity index (χ0) is 14.0. The predicted octanol–water partition coefficient (Wildman–Crippen LogP) is 1.01. The summed E-state index contributed by atoms with van der Waals surface area (Å²) in [6.07, 6.45) is 1.79. The van der Waals surface area contributed by atoms with E-state index in [4.69, 9.17) is 5.11 Å². The Labute approximate surface area is 109 Å². The largest absolute Gasteiger partial charge is 0.506 e. The van der Waals surface area contributed by atoms with E-state index in [1.807, 2.05) is 0 Å². The van der Waals surface area contributed by atoms with Crippen LogP contribution in [0.15, 0.2) is 24.4 Å². The van der Waals surface area contributed by atoms with Crippen LogP contribution in [0.1, 0.15) is 12.5 Å². The number of para-hydroxylation sites is 1. The van der Waals surface area contributed by atoms with Crippen molar-refractivity contribution >= 4 is 22.8 Å². The summed E-state index contributed by atoms with van der Waals surface area (Å²) < 4.78 is 0. The zero-order valence-electron chi connectivity index (χ0n) is 10.3. The number of phenolic OH excluding ortho intramolecular Hbond substituents is 1. The van der Waals surface area contributed by atoms with Crippen LogP contribution in [0, 0.1) is 0 Å². The van der Waals surface area contributed by atoms with Gasteiger partial charge in [0.15, 0.2) is 0 Å². The number of benzene rings is 1.